The zero-order chi connectivity index (χ0) is 56.0. The zero-order valence-corrected chi connectivity index (χ0v) is 54.6. The van der Waals surface area contributed by atoms with E-state index < -0.39 is 0 Å². The molecule has 0 atom stereocenters. The fourth-order valence-electron chi connectivity index (χ4n) is 11.3. The first-order valence-corrected chi connectivity index (χ1v) is 36.3. The van der Waals surface area contributed by atoms with E-state index in [2.05, 4.69) is 105 Å². The fourth-order valence-corrected chi connectivity index (χ4v) is 13.6. The van der Waals surface area contributed by atoms with Crippen molar-refractivity contribution in [3.8, 4) is 11.8 Å². The van der Waals surface area contributed by atoms with Crippen molar-refractivity contribution in [1.82, 2.24) is 0 Å². The van der Waals surface area contributed by atoms with Crippen LogP contribution in [0.5, 0.6) is 0 Å². The summed E-state index contributed by atoms with van der Waals surface area (Å²) in [5, 5.41) is 0. The molecule has 1 aliphatic heterocycles. The molecule has 0 saturated heterocycles. The summed E-state index contributed by atoms with van der Waals surface area (Å²) < 4.78 is 1.67. The van der Waals surface area contributed by atoms with Crippen LogP contribution < -0.4 is 0 Å². The van der Waals surface area contributed by atoms with Crippen LogP contribution in [0.25, 0.3) is 16.9 Å². The molecular formula is C74H126N2Pd. The molecule has 0 radical (unpaired) electrons. The van der Waals surface area contributed by atoms with E-state index in [0.29, 0.717) is 0 Å². The van der Waals surface area contributed by atoms with E-state index in [1.165, 1.54) is 273 Å². The van der Waals surface area contributed by atoms with Gasteiger partial charge in [0.05, 0.1) is 0 Å². The first kappa shape index (κ1) is 70.8. The number of nitrogens with zero attached hydrogens (tertiary/aromatic N) is 2. The van der Waals surface area contributed by atoms with Gasteiger partial charge < -0.3 is 5.53 Å². The molecule has 0 aromatic heterocycles. The molecule has 0 N–H and O–H groups in total. The first-order valence-electron chi connectivity index (χ1n) is 34.1. The molecule has 77 heavy (non-hydrogen) atoms. The van der Waals surface area contributed by atoms with Crippen LogP contribution in [0, 0.1) is 11.8 Å². The minimum absolute atomic E-state index is 0.923. The third-order valence-electron chi connectivity index (χ3n) is 16.2. The van der Waals surface area contributed by atoms with Crippen LogP contribution in [0.1, 0.15) is 358 Å². The van der Waals surface area contributed by atoms with Crippen LogP contribution in [0.3, 0.4) is 0 Å². The van der Waals surface area contributed by atoms with Crippen molar-refractivity contribution in [1.29, 1.82) is 0 Å². The second kappa shape index (κ2) is 48.5. The molecule has 0 unspecified atom stereocenters. The van der Waals surface area contributed by atoms with E-state index in [1.54, 1.807) is 15.8 Å². The third-order valence-corrected chi connectivity index (χ3v) is 18.4. The molecule has 0 spiro atoms. The summed E-state index contributed by atoms with van der Waals surface area (Å²) in [5.41, 5.74) is 29.3. The fraction of sp³-hybridized carbons (Fsp3) is 0.757. The van der Waals surface area contributed by atoms with E-state index >= 15 is 0 Å². The molecule has 2 aromatic carbocycles. The van der Waals surface area contributed by atoms with Crippen molar-refractivity contribution in [3.05, 3.63) is 85.5 Å². The average molecular weight is 1150 g/mol. The number of aryl methyl sites for hydroxylation is 4. The molecule has 0 bridgehead atoms. The summed E-state index contributed by atoms with van der Waals surface area (Å²) in [4.78, 5) is 3.01. The van der Waals surface area contributed by atoms with Gasteiger partial charge in [0.25, 0.3) is 0 Å². The molecule has 3 heteroatoms. The van der Waals surface area contributed by atoms with Gasteiger partial charge in [-0.15, -0.1) is 0 Å². The minimum atomic E-state index is 0.923. The predicted molar refractivity (Wildman–Crippen MR) is 342 cm³/mol. The summed E-state index contributed by atoms with van der Waals surface area (Å²) in [6.45, 7) is 23.2. The van der Waals surface area contributed by atoms with Gasteiger partial charge in [0.15, 0.2) is 0 Å². The Morgan fingerprint density at radius 2 is 0.649 bits per heavy atom. The Balaban J connectivity index is 0.00000205. The van der Waals surface area contributed by atoms with Gasteiger partial charge in [-0.1, -0.05) is 221 Å². The van der Waals surface area contributed by atoms with E-state index in [9.17, 15) is 5.53 Å². The number of allylic oxidation sites excluding steroid dienone is 2. The van der Waals surface area contributed by atoms with Crippen molar-refractivity contribution in [2.45, 2.75) is 362 Å². The second-order valence-electron chi connectivity index (χ2n) is 23.4. The average Bonchev–Trinajstić information content (AvgIpc) is 3.81. The molecule has 1 heterocycles. The normalized spacial score (nSPS) is 12.5. The standard InChI is InChI=1S/C66H108N2.2C4H9.Pd/c1-9-17-25-26-27-28-29-30-31-32-33-34-35-42-50-64-63(47-24-16-8)65(59-51-55(43-36-18-10-2)61(48-40-22-14-6)56(52-59)44-37-19-11-3)68(67)66(64)60-53-57(45-38-20-12-4)62(49-41-23-15-7)58(54-60)46-39-21-13-5;2*1-3-4-2;/h51-54H,9-41,43-49H2,1-8H3;2*1,3-4H2,2H3;. The molecule has 3 rings (SSSR count). The Bertz CT molecular complexity index is 1870. The van der Waals surface area contributed by atoms with E-state index in [1.807, 2.05) is 0 Å². The number of hydrogen-bond donors (Lipinski definition) is 0. The Morgan fingerprint density at radius 3 is 1.01 bits per heavy atom. The van der Waals surface area contributed by atoms with E-state index in [4.69, 9.17) is 0 Å². The third kappa shape index (κ3) is 29.3. The Labute approximate surface area is 489 Å². The molecular weight excluding hydrogens is 1020 g/mol. The van der Waals surface area contributed by atoms with Crippen molar-refractivity contribution in [2.75, 3.05) is 0 Å². The SMILES string of the molecule is CCCCCCCCCCCCCCC#CC1=C(c2cc(CCCCC)c(CCCCC)c(CCCCC)c2)[N+](=[N-])C(c2cc(CCCCC)c(CCCCC)c(CCCCC)c2)=C1CCCC.CCC[CH2][Pd][CH2]CCC. The molecule has 442 valence electrons. The number of rotatable bonds is 47. The summed E-state index contributed by atoms with van der Waals surface area (Å²) in [6.07, 6.45) is 55.3. The van der Waals surface area contributed by atoms with Gasteiger partial charge in [-0.05, 0) is 154 Å². The Hall–Kier alpha value is -2.26. The van der Waals surface area contributed by atoms with Gasteiger partial charge in [0, 0.05) is 23.1 Å². The maximum absolute atomic E-state index is 13.2. The maximum atomic E-state index is 13.2. The zero-order valence-electron chi connectivity index (χ0n) is 53.0. The summed E-state index contributed by atoms with van der Waals surface area (Å²) in [6, 6.07) is 10.1. The van der Waals surface area contributed by atoms with E-state index in [-0.39, 0.29) is 0 Å². The molecule has 0 aliphatic carbocycles. The molecule has 2 nitrogen and oxygen atoms in total. The van der Waals surface area contributed by atoms with Gasteiger partial charge in [-0.2, -0.15) is 0 Å². The van der Waals surface area contributed by atoms with Crippen LogP contribution in [-0.2, 0) is 56.5 Å². The summed E-state index contributed by atoms with van der Waals surface area (Å²) in [7, 11) is 0. The second-order valence-corrected chi connectivity index (χ2v) is 25.7. The first-order chi connectivity index (χ1) is 37.8. The summed E-state index contributed by atoms with van der Waals surface area (Å²) in [5.74, 6) is 7.66. The molecule has 0 amide bonds. The monoisotopic (exact) mass is 1150 g/mol. The van der Waals surface area contributed by atoms with Crippen molar-refractivity contribution in [2.24, 2.45) is 0 Å². The summed E-state index contributed by atoms with van der Waals surface area (Å²) >= 11 is 1.07. The van der Waals surface area contributed by atoms with Crippen molar-refractivity contribution >= 4 is 11.4 Å². The molecule has 0 fully saturated rings. The van der Waals surface area contributed by atoms with Gasteiger partial charge in [0.1, 0.15) is 5.57 Å². The van der Waals surface area contributed by atoms with Crippen LogP contribution in [-0.4, -0.2) is 4.70 Å². The topological polar surface area (TPSA) is 25.3 Å². The van der Waals surface area contributed by atoms with Gasteiger partial charge >= 0.3 is 67.3 Å². The molecule has 2 aromatic rings. The van der Waals surface area contributed by atoms with Crippen LogP contribution >= 0.6 is 0 Å². The molecule has 0 saturated carbocycles. The van der Waals surface area contributed by atoms with Crippen molar-refractivity contribution in [3.63, 3.8) is 0 Å². The predicted octanol–water partition coefficient (Wildman–Crippen LogP) is 25.0. The van der Waals surface area contributed by atoms with Crippen molar-refractivity contribution < 1.29 is 22.7 Å². The van der Waals surface area contributed by atoms with Gasteiger partial charge in [-0.25, -0.2) is 4.70 Å². The number of unbranched alkanes of at least 4 members (excludes halogenated alkanes) is 27. The molecule has 1 aliphatic rings. The number of hydrogen-bond acceptors (Lipinski definition) is 0. The quantitative estimate of drug-likeness (QED) is 0.0273. The van der Waals surface area contributed by atoms with Crippen LogP contribution in [0.4, 0.5) is 0 Å². The van der Waals surface area contributed by atoms with Crippen LogP contribution in [0.15, 0.2) is 35.4 Å². The van der Waals surface area contributed by atoms with E-state index in [0.717, 1.165) is 92.7 Å². The van der Waals surface area contributed by atoms with Gasteiger partial charge in [0.2, 0.25) is 11.4 Å². The van der Waals surface area contributed by atoms with Gasteiger partial charge in [-0.3, -0.25) is 0 Å². The van der Waals surface area contributed by atoms with Crippen LogP contribution in [0.2, 0.25) is 9.79 Å². The number of benzene rings is 2. The Morgan fingerprint density at radius 1 is 0.338 bits per heavy atom. The Kier molecular flexibility index (Phi) is 44.6.